The molecule has 0 bridgehead atoms. The molecule has 0 radical (unpaired) electrons. The number of carbonyl (C=O) groups is 1. The van der Waals surface area contributed by atoms with Crippen LogP contribution in [-0.2, 0) is 4.79 Å². The van der Waals surface area contributed by atoms with Gasteiger partial charge in [-0.2, -0.15) is 0 Å². The topological polar surface area (TPSA) is 59.2 Å². The summed E-state index contributed by atoms with van der Waals surface area (Å²) >= 11 is 1.33. The Morgan fingerprint density at radius 3 is 2.58 bits per heavy atom. The fourth-order valence-corrected chi connectivity index (χ4v) is 3.53. The van der Waals surface area contributed by atoms with Crippen molar-refractivity contribution in [2.75, 3.05) is 13.1 Å². The van der Waals surface area contributed by atoms with Gasteiger partial charge in [0.2, 0.25) is 11.8 Å². The molecule has 1 aromatic carbocycles. The number of hydrogen-bond donors (Lipinski definition) is 0. The lowest BCUT2D eigenvalue weighted by Gasteiger charge is -2.31. The Morgan fingerprint density at radius 2 is 1.92 bits per heavy atom. The molecule has 1 fully saturated rings. The van der Waals surface area contributed by atoms with E-state index in [1.54, 1.807) is 0 Å². The van der Waals surface area contributed by atoms with Crippen molar-refractivity contribution < 1.29 is 9.21 Å². The highest BCUT2D eigenvalue weighted by Gasteiger charge is 2.26. The Labute approximate surface area is 146 Å². The number of thioether (sulfide) groups is 1. The van der Waals surface area contributed by atoms with Crippen molar-refractivity contribution in [3.8, 4) is 11.5 Å². The van der Waals surface area contributed by atoms with Gasteiger partial charge in [0.05, 0.1) is 5.25 Å². The van der Waals surface area contributed by atoms with Crippen LogP contribution in [0.4, 0.5) is 0 Å². The number of aryl methyl sites for hydroxylation is 1. The molecular weight excluding hydrogens is 322 g/mol. The van der Waals surface area contributed by atoms with E-state index in [9.17, 15) is 4.79 Å². The molecule has 0 N–H and O–H groups in total. The van der Waals surface area contributed by atoms with Crippen molar-refractivity contribution in [2.24, 2.45) is 5.92 Å². The molecule has 2 heterocycles. The van der Waals surface area contributed by atoms with Crippen LogP contribution in [0.25, 0.3) is 11.5 Å². The zero-order chi connectivity index (χ0) is 17.1. The molecular formula is C18H23N3O2S. The first-order valence-corrected chi connectivity index (χ1v) is 9.27. The number of carbonyl (C=O) groups excluding carboxylic acids is 1. The van der Waals surface area contributed by atoms with Crippen LogP contribution in [-0.4, -0.2) is 39.3 Å². The maximum absolute atomic E-state index is 12.5. The average molecular weight is 345 g/mol. The smallest absolute Gasteiger partial charge is 0.277 e. The standard InChI is InChI=1S/C18H23N3O2S/c1-12-4-6-15(7-5-12)16-19-20-18(23-16)24-14(3)17(22)21-10-8-13(2)9-11-21/h4-7,13-14H,8-11H2,1-3H3. The van der Waals surface area contributed by atoms with Gasteiger partial charge in [-0.1, -0.05) is 36.4 Å². The lowest BCUT2D eigenvalue weighted by atomic mass is 9.99. The van der Waals surface area contributed by atoms with Crippen molar-refractivity contribution in [1.29, 1.82) is 0 Å². The van der Waals surface area contributed by atoms with Crippen LogP contribution >= 0.6 is 11.8 Å². The number of amides is 1. The summed E-state index contributed by atoms with van der Waals surface area (Å²) in [7, 11) is 0. The molecule has 1 saturated heterocycles. The normalized spacial score (nSPS) is 17.0. The quantitative estimate of drug-likeness (QED) is 0.789. The van der Waals surface area contributed by atoms with Crippen LogP contribution in [0.5, 0.6) is 0 Å². The van der Waals surface area contributed by atoms with E-state index in [-0.39, 0.29) is 11.2 Å². The SMILES string of the molecule is Cc1ccc(-c2nnc(SC(C)C(=O)N3CCC(C)CC3)o2)cc1. The van der Waals surface area contributed by atoms with Gasteiger partial charge >= 0.3 is 0 Å². The van der Waals surface area contributed by atoms with Gasteiger partial charge in [0.1, 0.15) is 0 Å². The first kappa shape index (κ1) is 17.0. The van der Waals surface area contributed by atoms with E-state index in [2.05, 4.69) is 17.1 Å². The molecule has 1 atom stereocenters. The van der Waals surface area contributed by atoms with Gasteiger partial charge in [0, 0.05) is 18.7 Å². The fraction of sp³-hybridized carbons (Fsp3) is 0.500. The van der Waals surface area contributed by atoms with Crippen LogP contribution in [0.2, 0.25) is 0 Å². The Bertz CT molecular complexity index is 691. The van der Waals surface area contributed by atoms with Crippen molar-refractivity contribution in [3.63, 3.8) is 0 Å². The lowest BCUT2D eigenvalue weighted by molar-refractivity contribution is -0.131. The second kappa shape index (κ2) is 7.38. The lowest BCUT2D eigenvalue weighted by Crippen LogP contribution is -2.41. The number of nitrogens with zero attached hydrogens (tertiary/aromatic N) is 3. The predicted molar refractivity (Wildman–Crippen MR) is 94.8 cm³/mol. The Kier molecular flexibility index (Phi) is 5.23. The second-order valence-corrected chi connectivity index (χ2v) is 7.80. The minimum atomic E-state index is -0.218. The number of rotatable bonds is 4. The van der Waals surface area contributed by atoms with E-state index < -0.39 is 0 Å². The summed E-state index contributed by atoms with van der Waals surface area (Å²) in [5.41, 5.74) is 2.08. The van der Waals surface area contributed by atoms with Crippen molar-refractivity contribution >= 4 is 17.7 Å². The fourth-order valence-electron chi connectivity index (χ4n) is 2.76. The minimum Gasteiger partial charge on any atom is -0.411 e. The highest BCUT2D eigenvalue weighted by atomic mass is 32.2. The molecule has 24 heavy (non-hydrogen) atoms. The summed E-state index contributed by atoms with van der Waals surface area (Å²) in [4.78, 5) is 14.5. The molecule has 128 valence electrons. The van der Waals surface area contributed by atoms with E-state index in [4.69, 9.17) is 4.42 Å². The molecule has 0 aliphatic carbocycles. The van der Waals surface area contributed by atoms with Crippen LogP contribution in [0.15, 0.2) is 33.9 Å². The van der Waals surface area contributed by atoms with Crippen LogP contribution in [0, 0.1) is 12.8 Å². The third-order valence-corrected chi connectivity index (χ3v) is 5.35. The number of likely N-dealkylation sites (tertiary alicyclic amines) is 1. The van der Waals surface area contributed by atoms with Crippen LogP contribution in [0.1, 0.15) is 32.3 Å². The van der Waals surface area contributed by atoms with Gasteiger partial charge in [-0.3, -0.25) is 4.79 Å². The zero-order valence-electron chi connectivity index (χ0n) is 14.4. The molecule has 3 rings (SSSR count). The molecule has 0 spiro atoms. The molecule has 1 aromatic heterocycles. The van der Waals surface area contributed by atoms with E-state index >= 15 is 0 Å². The molecule has 5 nitrogen and oxygen atoms in total. The zero-order valence-corrected chi connectivity index (χ0v) is 15.2. The summed E-state index contributed by atoms with van der Waals surface area (Å²) in [6.45, 7) is 7.88. The number of aromatic nitrogens is 2. The van der Waals surface area contributed by atoms with Crippen LogP contribution < -0.4 is 0 Å². The Morgan fingerprint density at radius 1 is 1.25 bits per heavy atom. The summed E-state index contributed by atoms with van der Waals surface area (Å²) in [6, 6.07) is 7.94. The molecule has 1 amide bonds. The van der Waals surface area contributed by atoms with Crippen molar-refractivity contribution in [3.05, 3.63) is 29.8 Å². The first-order valence-electron chi connectivity index (χ1n) is 8.39. The number of hydrogen-bond acceptors (Lipinski definition) is 5. The molecule has 1 unspecified atom stereocenters. The predicted octanol–water partition coefficient (Wildman–Crippen LogP) is 3.78. The number of piperidine rings is 1. The van der Waals surface area contributed by atoms with Gasteiger partial charge in [-0.25, -0.2) is 0 Å². The van der Waals surface area contributed by atoms with Gasteiger partial charge < -0.3 is 9.32 Å². The van der Waals surface area contributed by atoms with Gasteiger partial charge in [0.25, 0.3) is 5.22 Å². The Hall–Kier alpha value is -1.82. The average Bonchev–Trinajstić information content (AvgIpc) is 3.04. The molecule has 0 saturated carbocycles. The third-order valence-electron chi connectivity index (χ3n) is 4.43. The monoisotopic (exact) mass is 345 g/mol. The van der Waals surface area contributed by atoms with Crippen LogP contribution in [0.3, 0.4) is 0 Å². The first-order chi connectivity index (χ1) is 11.5. The van der Waals surface area contributed by atoms with Crippen molar-refractivity contribution in [2.45, 2.75) is 44.1 Å². The minimum absolute atomic E-state index is 0.155. The van der Waals surface area contributed by atoms with Crippen molar-refractivity contribution in [1.82, 2.24) is 15.1 Å². The summed E-state index contributed by atoms with van der Waals surface area (Å²) < 4.78 is 5.70. The molecule has 1 aliphatic heterocycles. The second-order valence-electron chi connectivity index (χ2n) is 6.51. The molecule has 6 heteroatoms. The maximum atomic E-state index is 12.5. The molecule has 2 aromatic rings. The van der Waals surface area contributed by atoms with Gasteiger partial charge in [-0.05, 0) is 44.7 Å². The van der Waals surface area contributed by atoms with Gasteiger partial charge in [0.15, 0.2) is 0 Å². The summed E-state index contributed by atoms with van der Waals surface area (Å²) in [6.07, 6.45) is 2.17. The largest absolute Gasteiger partial charge is 0.411 e. The highest BCUT2D eigenvalue weighted by Crippen LogP contribution is 2.28. The van der Waals surface area contributed by atoms with Gasteiger partial charge in [-0.15, -0.1) is 10.2 Å². The third kappa shape index (κ3) is 3.98. The highest BCUT2D eigenvalue weighted by molar-refractivity contribution is 8.00. The summed E-state index contributed by atoms with van der Waals surface area (Å²) in [5.74, 6) is 1.36. The van der Waals surface area contributed by atoms with E-state index in [0.717, 1.165) is 31.5 Å². The molecule has 1 aliphatic rings. The van der Waals surface area contributed by atoms with E-state index in [1.807, 2.05) is 43.0 Å². The Balaban J connectivity index is 1.61. The summed E-state index contributed by atoms with van der Waals surface area (Å²) in [5, 5.41) is 8.38. The van der Waals surface area contributed by atoms with E-state index in [1.165, 1.54) is 17.3 Å². The van der Waals surface area contributed by atoms with E-state index in [0.29, 0.717) is 17.0 Å². The number of benzene rings is 1. The maximum Gasteiger partial charge on any atom is 0.277 e.